The highest BCUT2D eigenvalue weighted by atomic mass is 35.5. The first kappa shape index (κ1) is 18.1. The van der Waals surface area contributed by atoms with Gasteiger partial charge in [0.1, 0.15) is 11.6 Å². The van der Waals surface area contributed by atoms with Crippen LogP contribution in [0, 0.1) is 5.82 Å². The van der Waals surface area contributed by atoms with E-state index in [1.165, 1.54) is 6.07 Å². The number of nitrogens with one attached hydrogen (secondary N) is 1. The van der Waals surface area contributed by atoms with Crippen molar-refractivity contribution in [3.63, 3.8) is 0 Å². The zero-order valence-electron chi connectivity index (χ0n) is 14.8. The van der Waals surface area contributed by atoms with E-state index < -0.39 is 0 Å². The molecule has 5 nitrogen and oxygen atoms in total. The number of rotatable bonds is 4. The largest absolute Gasteiger partial charge is 0.309 e. The molecule has 0 amide bonds. The third-order valence-electron chi connectivity index (χ3n) is 4.91. The minimum Gasteiger partial charge on any atom is -0.309 e. The zero-order chi connectivity index (χ0) is 18.8. The standard InChI is InChI=1S/C20H20ClFN4O/c21-15-5-6-16-18(11-15)23-19(24-20(16)27)13-26-9-7-25(8-10-26)12-14-3-1-2-4-17(14)22/h1-6,11H,7-10,12-13H2,(H,23,24,27). The number of H-pyrrole nitrogens is 1. The maximum absolute atomic E-state index is 13.8. The molecular formula is C20H20ClFN4O. The summed E-state index contributed by atoms with van der Waals surface area (Å²) in [7, 11) is 0. The van der Waals surface area contributed by atoms with Crippen LogP contribution in [0.1, 0.15) is 11.4 Å². The number of benzene rings is 2. The Morgan fingerprint density at radius 3 is 2.48 bits per heavy atom. The minimum atomic E-state index is -0.156. The Hall–Kier alpha value is -2.28. The number of hydrogen-bond acceptors (Lipinski definition) is 4. The zero-order valence-corrected chi connectivity index (χ0v) is 15.5. The summed E-state index contributed by atoms with van der Waals surface area (Å²) in [6.07, 6.45) is 0. The molecule has 7 heteroatoms. The fourth-order valence-corrected chi connectivity index (χ4v) is 3.59. The van der Waals surface area contributed by atoms with Crippen LogP contribution in [0.3, 0.4) is 0 Å². The van der Waals surface area contributed by atoms with Gasteiger partial charge in [-0.25, -0.2) is 9.37 Å². The number of nitrogens with zero attached hydrogens (tertiary/aromatic N) is 3. The number of aromatic amines is 1. The molecule has 27 heavy (non-hydrogen) atoms. The number of fused-ring (bicyclic) bond motifs is 1. The average Bonchev–Trinajstić information content (AvgIpc) is 2.65. The van der Waals surface area contributed by atoms with E-state index in [4.69, 9.17) is 11.6 Å². The van der Waals surface area contributed by atoms with E-state index >= 15 is 0 Å². The number of aromatic nitrogens is 2. The summed E-state index contributed by atoms with van der Waals surface area (Å²) >= 11 is 6.01. The highest BCUT2D eigenvalue weighted by molar-refractivity contribution is 6.31. The lowest BCUT2D eigenvalue weighted by Gasteiger charge is -2.34. The molecule has 1 saturated heterocycles. The van der Waals surface area contributed by atoms with Gasteiger partial charge in [0.15, 0.2) is 0 Å². The van der Waals surface area contributed by atoms with Crippen LogP contribution in [0.5, 0.6) is 0 Å². The molecule has 1 aliphatic rings. The van der Waals surface area contributed by atoms with E-state index in [0.717, 1.165) is 31.7 Å². The van der Waals surface area contributed by atoms with Gasteiger partial charge in [-0.15, -0.1) is 0 Å². The van der Waals surface area contributed by atoms with Crippen molar-refractivity contribution >= 4 is 22.5 Å². The van der Waals surface area contributed by atoms with Gasteiger partial charge in [-0.2, -0.15) is 0 Å². The monoisotopic (exact) mass is 386 g/mol. The molecule has 0 unspecified atom stereocenters. The Kier molecular flexibility index (Phi) is 5.20. The van der Waals surface area contributed by atoms with Crippen LogP contribution in [0.2, 0.25) is 5.02 Å². The van der Waals surface area contributed by atoms with Crippen LogP contribution in [0.4, 0.5) is 4.39 Å². The molecule has 2 aromatic carbocycles. The molecule has 0 bridgehead atoms. The lowest BCUT2D eigenvalue weighted by atomic mass is 10.2. The molecule has 0 radical (unpaired) electrons. The van der Waals surface area contributed by atoms with E-state index in [0.29, 0.717) is 34.8 Å². The van der Waals surface area contributed by atoms with E-state index in [-0.39, 0.29) is 11.4 Å². The first-order chi connectivity index (χ1) is 13.1. The molecule has 3 aromatic rings. The Morgan fingerprint density at radius 1 is 1.04 bits per heavy atom. The van der Waals surface area contributed by atoms with Crippen LogP contribution in [0.25, 0.3) is 10.9 Å². The first-order valence-electron chi connectivity index (χ1n) is 8.95. The quantitative estimate of drug-likeness (QED) is 0.748. The van der Waals surface area contributed by atoms with Gasteiger partial charge in [-0.1, -0.05) is 29.8 Å². The van der Waals surface area contributed by atoms with Crippen LogP contribution < -0.4 is 5.56 Å². The van der Waals surface area contributed by atoms with Crippen molar-refractivity contribution in [2.24, 2.45) is 0 Å². The highest BCUT2D eigenvalue weighted by Crippen LogP contribution is 2.16. The SMILES string of the molecule is O=c1[nH]c(CN2CCN(Cc3ccccc3F)CC2)nc2cc(Cl)ccc12. The van der Waals surface area contributed by atoms with Gasteiger partial charge in [0.05, 0.1) is 17.4 Å². The average molecular weight is 387 g/mol. The topological polar surface area (TPSA) is 52.2 Å². The highest BCUT2D eigenvalue weighted by Gasteiger charge is 2.19. The molecule has 1 fully saturated rings. The summed E-state index contributed by atoms with van der Waals surface area (Å²) < 4.78 is 13.8. The summed E-state index contributed by atoms with van der Waals surface area (Å²) in [4.78, 5) is 24.1. The lowest BCUT2D eigenvalue weighted by Crippen LogP contribution is -2.45. The van der Waals surface area contributed by atoms with Crippen molar-refractivity contribution in [1.82, 2.24) is 19.8 Å². The molecule has 4 rings (SSSR count). The molecule has 2 heterocycles. The second kappa shape index (κ2) is 7.76. The summed E-state index contributed by atoms with van der Waals surface area (Å²) in [6.45, 7) is 4.56. The summed E-state index contributed by atoms with van der Waals surface area (Å²) in [6, 6.07) is 12.0. The molecule has 0 aliphatic carbocycles. The van der Waals surface area contributed by atoms with Crippen molar-refractivity contribution in [3.05, 3.63) is 75.0 Å². The van der Waals surface area contributed by atoms with Crippen molar-refractivity contribution in [1.29, 1.82) is 0 Å². The van der Waals surface area contributed by atoms with Gasteiger partial charge < -0.3 is 4.98 Å². The fourth-order valence-electron chi connectivity index (χ4n) is 3.42. The van der Waals surface area contributed by atoms with E-state index in [9.17, 15) is 9.18 Å². The Morgan fingerprint density at radius 2 is 1.74 bits per heavy atom. The molecule has 1 aromatic heterocycles. The number of piperazine rings is 1. The number of hydrogen-bond donors (Lipinski definition) is 1. The second-order valence-corrected chi connectivity index (χ2v) is 7.25. The van der Waals surface area contributed by atoms with Crippen LogP contribution in [-0.2, 0) is 13.1 Å². The van der Waals surface area contributed by atoms with Crippen molar-refractivity contribution < 1.29 is 4.39 Å². The molecule has 0 spiro atoms. The predicted molar refractivity (Wildman–Crippen MR) is 104 cm³/mol. The summed E-state index contributed by atoms with van der Waals surface area (Å²) in [5.74, 6) is 0.480. The molecule has 0 atom stereocenters. The Bertz CT molecular complexity index is 1010. The van der Waals surface area contributed by atoms with Crippen LogP contribution >= 0.6 is 11.6 Å². The molecular weight excluding hydrogens is 367 g/mol. The maximum atomic E-state index is 13.8. The lowest BCUT2D eigenvalue weighted by molar-refractivity contribution is 0.119. The van der Waals surface area contributed by atoms with Gasteiger partial charge in [-0.05, 0) is 24.3 Å². The minimum absolute atomic E-state index is 0.148. The molecule has 1 aliphatic heterocycles. The second-order valence-electron chi connectivity index (χ2n) is 6.82. The fraction of sp³-hybridized carbons (Fsp3) is 0.300. The Balaban J connectivity index is 1.40. The van der Waals surface area contributed by atoms with Crippen LogP contribution in [-0.4, -0.2) is 45.9 Å². The van der Waals surface area contributed by atoms with Crippen molar-refractivity contribution in [2.45, 2.75) is 13.1 Å². The van der Waals surface area contributed by atoms with Gasteiger partial charge in [0, 0.05) is 43.3 Å². The van der Waals surface area contributed by atoms with E-state index in [1.807, 2.05) is 12.1 Å². The van der Waals surface area contributed by atoms with Gasteiger partial charge in [0.25, 0.3) is 5.56 Å². The summed E-state index contributed by atoms with van der Waals surface area (Å²) in [5, 5.41) is 1.10. The third kappa shape index (κ3) is 4.18. The third-order valence-corrected chi connectivity index (χ3v) is 5.14. The molecule has 140 valence electrons. The predicted octanol–water partition coefficient (Wildman–Crippen LogP) is 3.03. The normalized spacial score (nSPS) is 16.1. The molecule has 1 N–H and O–H groups in total. The Labute approximate surface area is 161 Å². The summed E-state index contributed by atoms with van der Waals surface area (Å²) in [5.41, 5.74) is 1.19. The maximum Gasteiger partial charge on any atom is 0.258 e. The van der Waals surface area contributed by atoms with Crippen molar-refractivity contribution in [2.75, 3.05) is 26.2 Å². The molecule has 0 saturated carbocycles. The number of halogens is 2. The van der Waals surface area contributed by atoms with Crippen LogP contribution in [0.15, 0.2) is 47.3 Å². The van der Waals surface area contributed by atoms with Gasteiger partial charge in [-0.3, -0.25) is 14.6 Å². The first-order valence-corrected chi connectivity index (χ1v) is 9.33. The van der Waals surface area contributed by atoms with Crippen molar-refractivity contribution in [3.8, 4) is 0 Å². The van der Waals surface area contributed by atoms with E-state index in [2.05, 4.69) is 19.8 Å². The van der Waals surface area contributed by atoms with Gasteiger partial charge >= 0.3 is 0 Å². The van der Waals surface area contributed by atoms with Gasteiger partial charge in [0.2, 0.25) is 0 Å². The smallest absolute Gasteiger partial charge is 0.258 e. The van der Waals surface area contributed by atoms with E-state index in [1.54, 1.807) is 24.3 Å².